The molecule has 1 N–H and O–H groups in total. The first-order chi connectivity index (χ1) is 11.8. The molecule has 1 aliphatic carbocycles. The van der Waals surface area contributed by atoms with Gasteiger partial charge in [0.15, 0.2) is 11.5 Å². The molecule has 0 saturated heterocycles. The minimum absolute atomic E-state index is 0.00301. The van der Waals surface area contributed by atoms with Crippen molar-refractivity contribution in [1.29, 1.82) is 0 Å². The topological polar surface area (TPSA) is 56.8 Å². The van der Waals surface area contributed by atoms with Crippen molar-refractivity contribution in [3.05, 3.63) is 29.3 Å². The van der Waals surface area contributed by atoms with Gasteiger partial charge in [0.2, 0.25) is 5.91 Å². The molecule has 2 rings (SSSR count). The molecule has 0 aliphatic heterocycles. The molecule has 0 bridgehead atoms. The third-order valence-electron chi connectivity index (χ3n) is 4.95. The van der Waals surface area contributed by atoms with Crippen LogP contribution in [0, 0.1) is 17.3 Å². The van der Waals surface area contributed by atoms with Gasteiger partial charge in [-0.2, -0.15) is 0 Å². The maximum Gasteiger partial charge on any atom is 0.224 e. The minimum atomic E-state index is 0.00301. The van der Waals surface area contributed by atoms with E-state index in [-0.39, 0.29) is 17.2 Å². The van der Waals surface area contributed by atoms with Gasteiger partial charge in [0.25, 0.3) is 0 Å². The van der Waals surface area contributed by atoms with Crippen LogP contribution in [-0.4, -0.2) is 27.2 Å². The summed E-state index contributed by atoms with van der Waals surface area (Å²) in [5.41, 5.74) is 2.10. The first kappa shape index (κ1) is 19.2. The summed E-state index contributed by atoms with van der Waals surface area (Å²) in [6.07, 6.45) is 2.20. The van der Waals surface area contributed by atoms with Crippen molar-refractivity contribution in [3.8, 4) is 17.2 Å². The van der Waals surface area contributed by atoms with Crippen LogP contribution in [0.15, 0.2) is 23.8 Å². The maximum atomic E-state index is 12.6. The lowest BCUT2D eigenvalue weighted by Gasteiger charge is -2.14. The fraction of sp³-hybridized carbons (Fsp3) is 0.550. The molecular weight excluding hydrogens is 318 g/mol. The molecule has 0 radical (unpaired) electrons. The lowest BCUT2D eigenvalue weighted by Crippen LogP contribution is -2.26. The molecule has 138 valence electrons. The van der Waals surface area contributed by atoms with Gasteiger partial charge in [-0.25, -0.2) is 0 Å². The number of allylic oxidation sites excluding steroid dienone is 2. The van der Waals surface area contributed by atoms with Crippen LogP contribution < -0.4 is 19.5 Å². The van der Waals surface area contributed by atoms with E-state index in [0.717, 1.165) is 5.56 Å². The summed E-state index contributed by atoms with van der Waals surface area (Å²) in [5.74, 6) is 2.25. The van der Waals surface area contributed by atoms with Crippen LogP contribution in [0.25, 0.3) is 0 Å². The minimum Gasteiger partial charge on any atom is -0.496 e. The second kappa shape index (κ2) is 7.38. The normalized spacial score (nSPS) is 20.4. The highest BCUT2D eigenvalue weighted by Crippen LogP contribution is 2.59. The number of hydrogen-bond donors (Lipinski definition) is 1. The number of carbonyl (C=O) groups is 1. The van der Waals surface area contributed by atoms with Gasteiger partial charge < -0.3 is 19.5 Å². The van der Waals surface area contributed by atoms with E-state index in [1.807, 2.05) is 6.07 Å². The first-order valence-corrected chi connectivity index (χ1v) is 8.47. The molecule has 25 heavy (non-hydrogen) atoms. The highest BCUT2D eigenvalue weighted by atomic mass is 16.5. The van der Waals surface area contributed by atoms with Crippen molar-refractivity contribution in [3.63, 3.8) is 0 Å². The second-order valence-corrected chi connectivity index (χ2v) is 7.31. The van der Waals surface area contributed by atoms with Gasteiger partial charge in [0, 0.05) is 18.2 Å². The van der Waals surface area contributed by atoms with Crippen molar-refractivity contribution in [2.45, 2.75) is 34.2 Å². The summed E-state index contributed by atoms with van der Waals surface area (Å²) in [7, 11) is 4.77. The fourth-order valence-electron chi connectivity index (χ4n) is 3.37. The molecule has 5 nitrogen and oxygen atoms in total. The molecule has 0 heterocycles. The van der Waals surface area contributed by atoms with Crippen LogP contribution in [0.2, 0.25) is 0 Å². The number of nitrogens with one attached hydrogen (secondary N) is 1. The Morgan fingerprint density at radius 1 is 1.08 bits per heavy atom. The standard InChI is InChI=1S/C20H29NO4/c1-12(2)8-14-18(20(14,3)4)19(22)21-11-13-9-16(24-6)17(25-7)10-15(13)23-5/h8-10,14,18H,11H2,1-7H3,(H,21,22)/t14-,18+/m0/s1. The number of ether oxygens (including phenoxy) is 3. The molecule has 1 amide bonds. The SMILES string of the molecule is COc1cc(OC)c(OC)cc1CNC(=O)[C@H]1[C@H](C=C(C)C)C1(C)C. The van der Waals surface area contributed by atoms with E-state index in [1.165, 1.54) is 5.57 Å². The smallest absolute Gasteiger partial charge is 0.224 e. The predicted octanol–water partition coefficient (Wildman–Crippen LogP) is 3.57. The van der Waals surface area contributed by atoms with E-state index in [0.29, 0.717) is 29.7 Å². The monoisotopic (exact) mass is 347 g/mol. The lowest BCUT2D eigenvalue weighted by molar-refractivity contribution is -0.123. The quantitative estimate of drug-likeness (QED) is 0.766. The lowest BCUT2D eigenvalue weighted by atomic mass is 10.1. The van der Waals surface area contributed by atoms with E-state index < -0.39 is 0 Å². The van der Waals surface area contributed by atoms with E-state index >= 15 is 0 Å². The van der Waals surface area contributed by atoms with E-state index in [2.05, 4.69) is 39.1 Å². The Morgan fingerprint density at radius 2 is 1.64 bits per heavy atom. The molecule has 5 heteroatoms. The van der Waals surface area contributed by atoms with Crippen LogP contribution in [0.4, 0.5) is 0 Å². The summed E-state index contributed by atoms with van der Waals surface area (Å²) in [6, 6.07) is 3.61. The number of hydrogen-bond acceptors (Lipinski definition) is 4. The van der Waals surface area contributed by atoms with Crippen molar-refractivity contribution in [1.82, 2.24) is 5.32 Å². The molecule has 1 aromatic carbocycles. The van der Waals surface area contributed by atoms with Crippen molar-refractivity contribution >= 4 is 5.91 Å². The largest absolute Gasteiger partial charge is 0.496 e. The van der Waals surface area contributed by atoms with Crippen LogP contribution in [0.1, 0.15) is 33.3 Å². The van der Waals surface area contributed by atoms with Gasteiger partial charge in [-0.3, -0.25) is 4.79 Å². The summed E-state index contributed by atoms with van der Waals surface area (Å²) in [6.45, 7) is 8.79. The third kappa shape index (κ3) is 3.91. The number of benzene rings is 1. The van der Waals surface area contributed by atoms with Gasteiger partial charge >= 0.3 is 0 Å². The van der Waals surface area contributed by atoms with Crippen LogP contribution in [0.5, 0.6) is 17.2 Å². The zero-order valence-corrected chi connectivity index (χ0v) is 16.2. The molecule has 1 saturated carbocycles. The molecule has 0 unspecified atom stereocenters. The number of carbonyl (C=O) groups excluding carboxylic acids is 1. The zero-order valence-electron chi connectivity index (χ0n) is 16.2. The Hall–Kier alpha value is -2.17. The average molecular weight is 347 g/mol. The number of rotatable bonds is 7. The average Bonchev–Trinajstić information content (AvgIpc) is 3.11. The molecule has 0 aromatic heterocycles. The Kier molecular flexibility index (Phi) is 5.65. The van der Waals surface area contributed by atoms with Crippen molar-refractivity contribution in [2.24, 2.45) is 17.3 Å². The second-order valence-electron chi connectivity index (χ2n) is 7.31. The Morgan fingerprint density at radius 3 is 2.16 bits per heavy atom. The van der Waals surface area contributed by atoms with Gasteiger partial charge in [-0.1, -0.05) is 25.5 Å². The molecule has 0 spiro atoms. The van der Waals surface area contributed by atoms with Gasteiger partial charge in [-0.05, 0) is 31.2 Å². The van der Waals surface area contributed by atoms with Gasteiger partial charge in [0.05, 0.1) is 27.2 Å². The van der Waals surface area contributed by atoms with E-state index in [4.69, 9.17) is 14.2 Å². The van der Waals surface area contributed by atoms with Crippen molar-refractivity contribution < 1.29 is 19.0 Å². The Bertz CT molecular complexity index is 675. The molecule has 1 aliphatic rings. The first-order valence-electron chi connectivity index (χ1n) is 8.47. The van der Waals surface area contributed by atoms with Crippen LogP contribution >= 0.6 is 0 Å². The predicted molar refractivity (Wildman–Crippen MR) is 98.1 cm³/mol. The van der Waals surface area contributed by atoms with Gasteiger partial charge in [0.1, 0.15) is 5.75 Å². The van der Waals surface area contributed by atoms with Crippen LogP contribution in [-0.2, 0) is 11.3 Å². The van der Waals surface area contributed by atoms with E-state index in [9.17, 15) is 4.79 Å². The zero-order chi connectivity index (χ0) is 18.8. The molecule has 1 fully saturated rings. The Balaban J connectivity index is 2.11. The highest BCUT2D eigenvalue weighted by molar-refractivity contribution is 5.83. The Labute approximate surface area is 150 Å². The number of methoxy groups -OCH3 is 3. The summed E-state index contributed by atoms with van der Waals surface area (Å²) in [4.78, 5) is 12.6. The number of amides is 1. The third-order valence-corrected chi connectivity index (χ3v) is 4.95. The van der Waals surface area contributed by atoms with Gasteiger partial charge in [-0.15, -0.1) is 0 Å². The molecule has 2 atom stereocenters. The summed E-state index contributed by atoms with van der Waals surface area (Å²) < 4.78 is 16.0. The fourth-order valence-corrected chi connectivity index (χ4v) is 3.37. The van der Waals surface area contributed by atoms with E-state index in [1.54, 1.807) is 27.4 Å². The molecule has 1 aromatic rings. The van der Waals surface area contributed by atoms with Crippen LogP contribution in [0.3, 0.4) is 0 Å². The maximum absolute atomic E-state index is 12.6. The highest BCUT2D eigenvalue weighted by Gasteiger charge is 2.60. The molecular formula is C20H29NO4. The van der Waals surface area contributed by atoms with Crippen molar-refractivity contribution in [2.75, 3.05) is 21.3 Å². The summed E-state index contributed by atoms with van der Waals surface area (Å²) >= 11 is 0. The summed E-state index contributed by atoms with van der Waals surface area (Å²) in [5, 5.41) is 3.04.